The average Bonchev–Trinajstić information content (AvgIpc) is 2.62. The lowest BCUT2D eigenvalue weighted by molar-refractivity contribution is 0.262. The Balaban J connectivity index is 2.08. The molecule has 0 radical (unpaired) electrons. The monoisotopic (exact) mass is 346 g/mol. The van der Waals surface area contributed by atoms with Gasteiger partial charge in [-0.2, -0.15) is 0 Å². The minimum absolute atomic E-state index is 0.170. The number of hydrogen-bond acceptors (Lipinski definition) is 4. The minimum atomic E-state index is -0.261. The van der Waals surface area contributed by atoms with E-state index < -0.39 is 0 Å². The maximum Gasteiger partial charge on any atom is 0.166 e. The van der Waals surface area contributed by atoms with Crippen LogP contribution in [0.2, 0.25) is 0 Å². The first-order valence-electron chi connectivity index (χ1n) is 8.72. The minimum Gasteiger partial charge on any atom is -0.490 e. The van der Waals surface area contributed by atoms with Crippen molar-refractivity contribution in [2.45, 2.75) is 26.5 Å². The highest BCUT2D eigenvalue weighted by Crippen LogP contribution is 2.32. The summed E-state index contributed by atoms with van der Waals surface area (Å²) in [7, 11) is 1.94. The molecular formula is C20H27FN2O2. The molecule has 0 aliphatic heterocycles. The Morgan fingerprint density at radius 1 is 0.960 bits per heavy atom. The van der Waals surface area contributed by atoms with Gasteiger partial charge in [0.05, 0.1) is 6.61 Å². The predicted molar refractivity (Wildman–Crippen MR) is 98.6 cm³/mol. The molecule has 0 heterocycles. The second-order valence-electron chi connectivity index (χ2n) is 5.69. The summed E-state index contributed by atoms with van der Waals surface area (Å²) in [5.74, 6) is 1.10. The molecule has 0 amide bonds. The molecule has 2 aromatic rings. The molecular weight excluding hydrogens is 319 g/mol. The lowest BCUT2D eigenvalue weighted by Crippen LogP contribution is -2.20. The summed E-state index contributed by atoms with van der Waals surface area (Å²) in [6.45, 7) is 5.22. The maximum atomic E-state index is 13.8. The quantitative estimate of drug-likeness (QED) is 0.611. The molecule has 2 rings (SSSR count). The first kappa shape index (κ1) is 19.2. The molecule has 136 valence electrons. The summed E-state index contributed by atoms with van der Waals surface area (Å²) in [5.41, 5.74) is 1.54. The van der Waals surface area contributed by atoms with Crippen LogP contribution in [0.15, 0.2) is 42.5 Å². The first-order valence-corrected chi connectivity index (χ1v) is 8.72. The third-order valence-corrected chi connectivity index (χ3v) is 3.79. The van der Waals surface area contributed by atoms with E-state index in [4.69, 9.17) is 9.47 Å². The van der Waals surface area contributed by atoms with Crippen LogP contribution in [0.5, 0.6) is 11.5 Å². The fourth-order valence-electron chi connectivity index (χ4n) is 2.51. The smallest absolute Gasteiger partial charge is 0.166 e. The topological polar surface area (TPSA) is 42.5 Å². The van der Waals surface area contributed by atoms with Crippen LogP contribution in [0.1, 0.15) is 24.5 Å². The highest BCUT2D eigenvalue weighted by Gasteiger charge is 2.12. The predicted octanol–water partition coefficient (Wildman–Crippen LogP) is 3.50. The highest BCUT2D eigenvalue weighted by molar-refractivity contribution is 5.46. The van der Waals surface area contributed by atoms with Gasteiger partial charge in [-0.15, -0.1) is 0 Å². The number of ether oxygens (including phenoxy) is 2. The van der Waals surface area contributed by atoms with Gasteiger partial charge in [-0.1, -0.05) is 30.3 Å². The molecule has 0 spiro atoms. The maximum absolute atomic E-state index is 13.8. The van der Waals surface area contributed by atoms with E-state index in [1.54, 1.807) is 18.2 Å². The van der Waals surface area contributed by atoms with Crippen LogP contribution in [-0.2, 0) is 13.2 Å². The van der Waals surface area contributed by atoms with Gasteiger partial charge < -0.3 is 20.1 Å². The normalized spacial score (nSPS) is 10.7. The van der Waals surface area contributed by atoms with Crippen molar-refractivity contribution in [2.24, 2.45) is 0 Å². The molecule has 0 aliphatic carbocycles. The van der Waals surface area contributed by atoms with Gasteiger partial charge in [-0.25, -0.2) is 4.39 Å². The van der Waals surface area contributed by atoms with Crippen LogP contribution in [0.3, 0.4) is 0 Å². The van der Waals surface area contributed by atoms with Crippen molar-refractivity contribution in [1.29, 1.82) is 0 Å². The molecule has 0 aliphatic rings. The van der Waals surface area contributed by atoms with E-state index in [9.17, 15) is 4.39 Å². The number of para-hydroxylation sites is 1. The molecule has 0 aromatic heterocycles. The molecule has 0 bridgehead atoms. The SMILES string of the molecule is CCOc1cccc(CNCCCNC)c1OCc1ccccc1F. The molecule has 0 saturated carbocycles. The Hall–Kier alpha value is -2.11. The number of halogens is 1. The molecule has 0 unspecified atom stereocenters. The van der Waals surface area contributed by atoms with Crippen LogP contribution in [0.25, 0.3) is 0 Å². The standard InChI is InChI=1S/C20H27FN2O2/c1-3-24-19-11-6-9-16(14-23-13-7-12-22-2)20(19)25-15-17-8-4-5-10-18(17)21/h4-6,8-11,22-23H,3,7,12-15H2,1-2H3. The summed E-state index contributed by atoms with van der Waals surface area (Å²) < 4.78 is 25.5. The highest BCUT2D eigenvalue weighted by atomic mass is 19.1. The Morgan fingerprint density at radius 3 is 2.52 bits per heavy atom. The van der Waals surface area contributed by atoms with E-state index >= 15 is 0 Å². The number of nitrogens with one attached hydrogen (secondary N) is 2. The molecule has 0 atom stereocenters. The molecule has 0 saturated heterocycles. The van der Waals surface area contributed by atoms with E-state index in [0.29, 0.717) is 30.2 Å². The second-order valence-corrected chi connectivity index (χ2v) is 5.69. The van der Waals surface area contributed by atoms with Crippen molar-refractivity contribution in [1.82, 2.24) is 10.6 Å². The van der Waals surface area contributed by atoms with Gasteiger partial charge in [0.2, 0.25) is 0 Å². The van der Waals surface area contributed by atoms with Crippen LogP contribution in [0, 0.1) is 5.82 Å². The summed E-state index contributed by atoms with van der Waals surface area (Å²) >= 11 is 0. The summed E-state index contributed by atoms with van der Waals surface area (Å²) in [4.78, 5) is 0. The lowest BCUT2D eigenvalue weighted by Gasteiger charge is -2.17. The van der Waals surface area contributed by atoms with Crippen molar-refractivity contribution in [3.8, 4) is 11.5 Å². The summed E-state index contributed by atoms with van der Waals surface area (Å²) in [6, 6.07) is 12.5. The van der Waals surface area contributed by atoms with Crippen molar-refractivity contribution < 1.29 is 13.9 Å². The van der Waals surface area contributed by atoms with Crippen LogP contribution >= 0.6 is 0 Å². The fraction of sp³-hybridized carbons (Fsp3) is 0.400. The zero-order chi connectivity index (χ0) is 17.9. The van der Waals surface area contributed by atoms with Crippen LogP contribution in [0.4, 0.5) is 4.39 Å². The molecule has 2 N–H and O–H groups in total. The Labute approximate surface area is 149 Å². The fourth-order valence-corrected chi connectivity index (χ4v) is 2.51. The number of benzene rings is 2. The summed E-state index contributed by atoms with van der Waals surface area (Å²) in [5, 5.41) is 6.53. The molecule has 2 aromatic carbocycles. The van der Waals surface area contributed by atoms with E-state index in [0.717, 1.165) is 25.1 Å². The molecule has 4 nitrogen and oxygen atoms in total. The zero-order valence-electron chi connectivity index (χ0n) is 15.0. The van der Waals surface area contributed by atoms with E-state index in [1.165, 1.54) is 6.07 Å². The van der Waals surface area contributed by atoms with Gasteiger partial charge in [0.25, 0.3) is 0 Å². The lowest BCUT2D eigenvalue weighted by atomic mass is 10.1. The molecule has 25 heavy (non-hydrogen) atoms. The summed E-state index contributed by atoms with van der Waals surface area (Å²) in [6.07, 6.45) is 1.05. The van der Waals surface area contributed by atoms with Gasteiger partial charge in [0.1, 0.15) is 12.4 Å². The molecule has 5 heteroatoms. The number of hydrogen-bond donors (Lipinski definition) is 2. The van der Waals surface area contributed by atoms with Gasteiger partial charge in [-0.05, 0) is 45.6 Å². The Morgan fingerprint density at radius 2 is 1.76 bits per heavy atom. The van der Waals surface area contributed by atoms with Crippen molar-refractivity contribution >= 4 is 0 Å². The van der Waals surface area contributed by atoms with Gasteiger partial charge in [0.15, 0.2) is 11.5 Å². The van der Waals surface area contributed by atoms with Gasteiger partial charge >= 0.3 is 0 Å². The van der Waals surface area contributed by atoms with Crippen LogP contribution < -0.4 is 20.1 Å². The van der Waals surface area contributed by atoms with E-state index in [1.807, 2.05) is 32.2 Å². The largest absolute Gasteiger partial charge is 0.490 e. The second kappa shape index (κ2) is 10.7. The van der Waals surface area contributed by atoms with E-state index in [2.05, 4.69) is 10.6 Å². The van der Waals surface area contributed by atoms with Gasteiger partial charge in [-0.3, -0.25) is 0 Å². The third kappa shape index (κ3) is 6.03. The van der Waals surface area contributed by atoms with E-state index in [-0.39, 0.29) is 12.4 Å². The first-order chi connectivity index (χ1) is 12.3. The van der Waals surface area contributed by atoms with Crippen molar-refractivity contribution in [3.05, 3.63) is 59.4 Å². The molecule has 0 fully saturated rings. The van der Waals surface area contributed by atoms with Gasteiger partial charge in [0, 0.05) is 17.7 Å². The average molecular weight is 346 g/mol. The Kier molecular flexibility index (Phi) is 8.22. The zero-order valence-corrected chi connectivity index (χ0v) is 15.0. The number of rotatable bonds is 11. The Bertz CT molecular complexity index is 649. The van der Waals surface area contributed by atoms with Crippen LogP contribution in [-0.4, -0.2) is 26.7 Å². The van der Waals surface area contributed by atoms with Crippen molar-refractivity contribution in [3.63, 3.8) is 0 Å². The third-order valence-electron chi connectivity index (χ3n) is 3.79. The van der Waals surface area contributed by atoms with Crippen molar-refractivity contribution in [2.75, 3.05) is 26.7 Å².